The summed E-state index contributed by atoms with van der Waals surface area (Å²) in [5.41, 5.74) is 1.36. The molecule has 2 aromatic heterocycles. The molecule has 1 aliphatic heterocycles. The number of carbonyl (C=O) groups excluding carboxylic acids is 2. The second-order valence-corrected chi connectivity index (χ2v) is 7.82. The van der Waals surface area contributed by atoms with Crippen LogP contribution >= 0.6 is 11.6 Å². The van der Waals surface area contributed by atoms with Crippen LogP contribution in [0.4, 0.5) is 0 Å². The smallest absolute Gasteiger partial charge is 0.257 e. The highest BCUT2D eigenvalue weighted by Gasteiger charge is 2.42. The van der Waals surface area contributed by atoms with Crippen LogP contribution < -0.4 is 5.32 Å². The van der Waals surface area contributed by atoms with Gasteiger partial charge in [0.2, 0.25) is 5.91 Å². The minimum absolute atomic E-state index is 0.218. The molecule has 0 radical (unpaired) electrons. The standard InChI is InChI=1S/C18H20ClN5O2/c1-18(2,3)14(16(25)21-6-4-5-20)24-9-11-12(19)8-23-15-13(11)10(7-22-15)17(24)26/h7-8,14H,4,6,9H2,1-3H3,(H,21,25)(H,22,23)/t14-/m0/s1. The maximum atomic E-state index is 13.1. The predicted molar refractivity (Wildman–Crippen MR) is 97.5 cm³/mol. The summed E-state index contributed by atoms with van der Waals surface area (Å²) >= 11 is 6.33. The zero-order chi connectivity index (χ0) is 19.1. The Hall–Kier alpha value is -2.59. The molecular formula is C18H20ClN5O2. The SMILES string of the molecule is CC(C)(C)[C@H](C(=O)NCCC#N)N1Cc2c(Cl)cnc3[nH]cc(c23)C1=O. The van der Waals surface area contributed by atoms with Crippen molar-refractivity contribution in [2.75, 3.05) is 6.54 Å². The number of amides is 2. The Labute approximate surface area is 156 Å². The number of pyridine rings is 1. The normalized spacial score (nSPS) is 15.0. The van der Waals surface area contributed by atoms with Crippen molar-refractivity contribution < 1.29 is 9.59 Å². The van der Waals surface area contributed by atoms with Crippen LogP contribution in [0.25, 0.3) is 11.0 Å². The van der Waals surface area contributed by atoms with Crippen LogP contribution in [-0.2, 0) is 11.3 Å². The quantitative estimate of drug-likeness (QED) is 0.804. The van der Waals surface area contributed by atoms with E-state index in [0.717, 1.165) is 10.9 Å². The first kappa shape index (κ1) is 18.2. The van der Waals surface area contributed by atoms with Crippen molar-refractivity contribution in [3.8, 4) is 6.07 Å². The number of nitrogens with one attached hydrogen (secondary N) is 2. The molecule has 0 unspecified atom stereocenters. The maximum absolute atomic E-state index is 13.1. The van der Waals surface area contributed by atoms with Gasteiger partial charge in [-0.15, -0.1) is 0 Å². The highest BCUT2D eigenvalue weighted by molar-refractivity contribution is 6.32. The Morgan fingerprint density at radius 1 is 1.54 bits per heavy atom. The summed E-state index contributed by atoms with van der Waals surface area (Å²) in [5, 5.41) is 12.6. The van der Waals surface area contributed by atoms with E-state index in [0.29, 0.717) is 16.2 Å². The molecular weight excluding hydrogens is 354 g/mol. The number of aromatic amines is 1. The van der Waals surface area contributed by atoms with Gasteiger partial charge in [-0.2, -0.15) is 5.26 Å². The van der Waals surface area contributed by atoms with Crippen molar-refractivity contribution >= 4 is 34.4 Å². The molecule has 2 aromatic rings. The van der Waals surface area contributed by atoms with Gasteiger partial charge < -0.3 is 15.2 Å². The van der Waals surface area contributed by atoms with Gasteiger partial charge in [0.05, 0.1) is 23.1 Å². The molecule has 0 aliphatic carbocycles. The lowest BCUT2D eigenvalue weighted by molar-refractivity contribution is -0.129. The first-order valence-electron chi connectivity index (χ1n) is 8.35. The number of hydrogen-bond acceptors (Lipinski definition) is 4. The molecule has 2 N–H and O–H groups in total. The van der Waals surface area contributed by atoms with Gasteiger partial charge in [-0.1, -0.05) is 32.4 Å². The van der Waals surface area contributed by atoms with Gasteiger partial charge in [0.15, 0.2) is 0 Å². The molecule has 0 spiro atoms. The zero-order valence-electron chi connectivity index (χ0n) is 14.9. The van der Waals surface area contributed by atoms with Crippen LogP contribution in [0.3, 0.4) is 0 Å². The van der Waals surface area contributed by atoms with Gasteiger partial charge in [0.25, 0.3) is 5.91 Å². The number of halogens is 1. The summed E-state index contributed by atoms with van der Waals surface area (Å²) in [6.45, 7) is 6.20. The number of nitrogens with zero attached hydrogens (tertiary/aromatic N) is 3. The molecule has 0 aromatic carbocycles. The van der Waals surface area contributed by atoms with E-state index in [-0.39, 0.29) is 31.3 Å². The van der Waals surface area contributed by atoms with Crippen molar-refractivity contribution in [1.82, 2.24) is 20.2 Å². The van der Waals surface area contributed by atoms with Crippen molar-refractivity contribution in [2.24, 2.45) is 5.41 Å². The highest BCUT2D eigenvalue weighted by Crippen LogP contribution is 2.37. The summed E-state index contributed by atoms with van der Waals surface area (Å²) in [7, 11) is 0. The van der Waals surface area contributed by atoms with Crippen LogP contribution in [0.15, 0.2) is 12.4 Å². The van der Waals surface area contributed by atoms with Crippen LogP contribution in [0.1, 0.15) is 43.1 Å². The number of carbonyl (C=O) groups is 2. The first-order chi connectivity index (χ1) is 12.3. The van der Waals surface area contributed by atoms with Crippen molar-refractivity contribution in [3.05, 3.63) is 28.5 Å². The fourth-order valence-corrected chi connectivity index (χ4v) is 3.61. The molecule has 0 bridgehead atoms. The van der Waals surface area contributed by atoms with Crippen LogP contribution in [0.5, 0.6) is 0 Å². The molecule has 2 amide bonds. The number of aromatic nitrogens is 2. The van der Waals surface area contributed by atoms with Crippen molar-refractivity contribution in [2.45, 2.75) is 39.8 Å². The van der Waals surface area contributed by atoms with Gasteiger partial charge in [0.1, 0.15) is 11.7 Å². The van der Waals surface area contributed by atoms with E-state index in [1.165, 1.54) is 0 Å². The lowest BCUT2D eigenvalue weighted by Crippen LogP contribution is -2.56. The third kappa shape index (κ3) is 3.01. The molecule has 0 saturated carbocycles. The molecule has 136 valence electrons. The van der Waals surface area contributed by atoms with Gasteiger partial charge in [-0.05, 0) is 5.41 Å². The van der Waals surface area contributed by atoms with E-state index in [1.807, 2.05) is 26.8 Å². The largest absolute Gasteiger partial charge is 0.353 e. The van der Waals surface area contributed by atoms with E-state index in [4.69, 9.17) is 16.9 Å². The Morgan fingerprint density at radius 2 is 2.27 bits per heavy atom. The molecule has 8 heteroatoms. The Balaban J connectivity index is 2.01. The maximum Gasteiger partial charge on any atom is 0.257 e. The summed E-state index contributed by atoms with van der Waals surface area (Å²) in [6, 6.07) is 1.30. The molecule has 7 nitrogen and oxygen atoms in total. The lowest BCUT2D eigenvalue weighted by Gasteiger charge is -2.40. The first-order valence-corrected chi connectivity index (χ1v) is 8.73. The average Bonchev–Trinajstić information content (AvgIpc) is 2.99. The molecule has 0 saturated heterocycles. The van der Waals surface area contributed by atoms with Gasteiger partial charge in [0, 0.05) is 36.4 Å². The van der Waals surface area contributed by atoms with E-state index in [9.17, 15) is 9.59 Å². The summed E-state index contributed by atoms with van der Waals surface area (Å²) < 4.78 is 0. The van der Waals surface area contributed by atoms with Crippen molar-refractivity contribution in [3.63, 3.8) is 0 Å². The molecule has 26 heavy (non-hydrogen) atoms. The third-order valence-electron chi connectivity index (χ3n) is 4.49. The minimum atomic E-state index is -0.698. The number of nitriles is 1. The molecule has 1 aliphatic rings. The fourth-order valence-electron chi connectivity index (χ4n) is 3.41. The second kappa shape index (κ2) is 6.61. The van der Waals surface area contributed by atoms with Crippen LogP contribution in [0.2, 0.25) is 5.02 Å². The third-order valence-corrected chi connectivity index (χ3v) is 4.82. The Morgan fingerprint density at radius 3 is 2.92 bits per heavy atom. The topological polar surface area (TPSA) is 102 Å². The zero-order valence-corrected chi connectivity index (χ0v) is 15.6. The molecule has 1 atom stereocenters. The monoisotopic (exact) mass is 373 g/mol. The summed E-state index contributed by atoms with van der Waals surface area (Å²) in [6.07, 6.45) is 3.38. The van der Waals surface area contributed by atoms with E-state index in [2.05, 4.69) is 15.3 Å². The van der Waals surface area contributed by atoms with Gasteiger partial charge >= 0.3 is 0 Å². The van der Waals surface area contributed by atoms with Crippen LogP contribution in [0, 0.1) is 16.7 Å². The summed E-state index contributed by atoms with van der Waals surface area (Å²) in [4.78, 5) is 34.7. The molecule has 3 heterocycles. The van der Waals surface area contributed by atoms with Gasteiger partial charge in [-0.3, -0.25) is 9.59 Å². The highest BCUT2D eigenvalue weighted by atomic mass is 35.5. The molecule has 3 rings (SSSR count). The van der Waals surface area contributed by atoms with E-state index >= 15 is 0 Å². The number of rotatable bonds is 4. The Bertz CT molecular complexity index is 922. The summed E-state index contributed by atoms with van der Waals surface area (Å²) in [5.74, 6) is -0.510. The molecule has 0 fully saturated rings. The number of H-pyrrole nitrogens is 1. The van der Waals surface area contributed by atoms with Crippen molar-refractivity contribution in [1.29, 1.82) is 5.26 Å². The minimum Gasteiger partial charge on any atom is -0.353 e. The number of hydrogen-bond donors (Lipinski definition) is 2. The average molecular weight is 374 g/mol. The van der Waals surface area contributed by atoms with Gasteiger partial charge in [-0.25, -0.2) is 4.98 Å². The lowest BCUT2D eigenvalue weighted by atomic mass is 9.83. The Kier molecular flexibility index (Phi) is 4.63. The van der Waals surface area contributed by atoms with E-state index in [1.54, 1.807) is 17.3 Å². The van der Waals surface area contributed by atoms with E-state index < -0.39 is 11.5 Å². The van der Waals surface area contributed by atoms with Crippen LogP contribution in [-0.4, -0.2) is 39.3 Å². The second-order valence-electron chi connectivity index (χ2n) is 7.41. The fraction of sp³-hybridized carbons (Fsp3) is 0.444. The predicted octanol–water partition coefficient (Wildman–Crippen LogP) is 2.62.